The Labute approximate surface area is 165 Å². The second-order valence-electron chi connectivity index (χ2n) is 7.84. The molecular formula is C21H28N4OS. The molecule has 144 valence electrons. The lowest BCUT2D eigenvalue weighted by Gasteiger charge is -2.37. The molecule has 1 amide bonds. The lowest BCUT2D eigenvalue weighted by Crippen LogP contribution is -2.43. The van der Waals surface area contributed by atoms with Gasteiger partial charge in [0.1, 0.15) is 5.69 Å². The topological polar surface area (TPSA) is 49.3 Å². The molecule has 0 radical (unpaired) electrons. The van der Waals surface area contributed by atoms with Gasteiger partial charge in [-0.1, -0.05) is 18.9 Å². The first-order chi connectivity index (χ1) is 13.3. The summed E-state index contributed by atoms with van der Waals surface area (Å²) in [5.41, 5.74) is 3.37. The molecule has 0 N–H and O–H groups in total. The third-order valence-electron chi connectivity index (χ3n) is 6.00. The first-order valence-electron chi connectivity index (χ1n) is 10.1. The fraction of sp³-hybridized carbons (Fsp3) is 0.571. The van der Waals surface area contributed by atoms with Crippen LogP contribution in [0.15, 0.2) is 35.4 Å². The van der Waals surface area contributed by atoms with Crippen LogP contribution < -0.4 is 0 Å². The van der Waals surface area contributed by atoms with E-state index < -0.39 is 0 Å². The zero-order valence-electron chi connectivity index (χ0n) is 15.8. The maximum Gasteiger partial charge on any atom is 0.273 e. The SMILES string of the molecule is O=C(c1cscn1)N(Cc1cccnc1)CC1CCN(C2CCCC2)CC1. The van der Waals surface area contributed by atoms with Crippen molar-refractivity contribution in [3.05, 3.63) is 46.7 Å². The van der Waals surface area contributed by atoms with Crippen molar-refractivity contribution in [2.75, 3.05) is 19.6 Å². The van der Waals surface area contributed by atoms with Gasteiger partial charge in [-0.05, 0) is 56.3 Å². The number of amides is 1. The number of pyridine rings is 1. The molecule has 2 aliphatic rings. The van der Waals surface area contributed by atoms with Crippen LogP contribution in [0.5, 0.6) is 0 Å². The Balaban J connectivity index is 1.39. The predicted octanol–water partition coefficient (Wildman–Crippen LogP) is 3.84. The van der Waals surface area contributed by atoms with E-state index in [1.54, 1.807) is 11.7 Å². The van der Waals surface area contributed by atoms with E-state index in [9.17, 15) is 4.79 Å². The average Bonchev–Trinajstić information content (AvgIpc) is 3.42. The summed E-state index contributed by atoms with van der Waals surface area (Å²) in [6.07, 6.45) is 11.5. The third kappa shape index (κ3) is 4.74. The van der Waals surface area contributed by atoms with Gasteiger partial charge < -0.3 is 9.80 Å². The molecule has 0 unspecified atom stereocenters. The van der Waals surface area contributed by atoms with Gasteiger partial charge in [0.25, 0.3) is 5.91 Å². The molecule has 4 rings (SSSR count). The Hall–Kier alpha value is -1.79. The molecule has 6 heteroatoms. The largest absolute Gasteiger partial charge is 0.333 e. The average molecular weight is 385 g/mol. The molecule has 5 nitrogen and oxygen atoms in total. The van der Waals surface area contributed by atoms with E-state index >= 15 is 0 Å². The van der Waals surface area contributed by atoms with Crippen LogP contribution >= 0.6 is 11.3 Å². The number of carbonyl (C=O) groups excluding carboxylic acids is 1. The Kier molecular flexibility index (Phi) is 6.14. The van der Waals surface area contributed by atoms with Gasteiger partial charge in [0.2, 0.25) is 0 Å². The summed E-state index contributed by atoms with van der Waals surface area (Å²) in [5.74, 6) is 0.611. The van der Waals surface area contributed by atoms with Crippen LogP contribution in [0.4, 0.5) is 0 Å². The van der Waals surface area contributed by atoms with E-state index in [2.05, 4.69) is 14.9 Å². The highest BCUT2D eigenvalue weighted by Crippen LogP contribution is 2.28. The number of carbonyl (C=O) groups is 1. The summed E-state index contributed by atoms with van der Waals surface area (Å²) in [6.45, 7) is 3.78. The number of rotatable bonds is 6. The van der Waals surface area contributed by atoms with Crippen molar-refractivity contribution in [3.8, 4) is 0 Å². The van der Waals surface area contributed by atoms with Gasteiger partial charge in [0.05, 0.1) is 5.51 Å². The van der Waals surface area contributed by atoms with Gasteiger partial charge in [0, 0.05) is 36.9 Å². The summed E-state index contributed by atoms with van der Waals surface area (Å²) in [6, 6.07) is 4.78. The standard InChI is InChI=1S/C21H28N4OS/c26-21(20-15-27-16-23-20)25(14-18-4-3-9-22-12-18)13-17-7-10-24(11-8-17)19-5-1-2-6-19/h3-4,9,12,15-17,19H,1-2,5-8,10-11,13-14H2. The molecule has 1 saturated carbocycles. The number of nitrogens with zero attached hydrogens (tertiary/aromatic N) is 4. The second-order valence-corrected chi connectivity index (χ2v) is 8.56. The van der Waals surface area contributed by atoms with Crippen LogP contribution in [-0.2, 0) is 6.54 Å². The van der Waals surface area contributed by atoms with Crippen molar-refractivity contribution in [3.63, 3.8) is 0 Å². The van der Waals surface area contributed by atoms with E-state index in [1.807, 2.05) is 28.6 Å². The van der Waals surface area contributed by atoms with Gasteiger partial charge >= 0.3 is 0 Å². The number of thiazole rings is 1. The predicted molar refractivity (Wildman–Crippen MR) is 108 cm³/mol. The maximum atomic E-state index is 13.0. The van der Waals surface area contributed by atoms with Crippen LogP contribution in [0.25, 0.3) is 0 Å². The number of aromatic nitrogens is 2. The van der Waals surface area contributed by atoms with E-state index in [-0.39, 0.29) is 5.91 Å². The molecule has 3 heterocycles. The summed E-state index contributed by atoms with van der Waals surface area (Å²) >= 11 is 1.47. The van der Waals surface area contributed by atoms with Crippen molar-refractivity contribution >= 4 is 17.2 Å². The lowest BCUT2D eigenvalue weighted by atomic mass is 9.94. The van der Waals surface area contributed by atoms with Crippen molar-refractivity contribution in [2.45, 2.75) is 51.1 Å². The molecule has 0 aromatic carbocycles. The minimum atomic E-state index is 0.0401. The first-order valence-corrected chi connectivity index (χ1v) is 11.0. The fourth-order valence-corrected chi connectivity index (χ4v) is 5.02. The summed E-state index contributed by atoms with van der Waals surface area (Å²) < 4.78 is 0. The zero-order chi connectivity index (χ0) is 18.5. The van der Waals surface area contributed by atoms with Crippen LogP contribution in [0.1, 0.15) is 54.6 Å². The van der Waals surface area contributed by atoms with Gasteiger partial charge in [-0.2, -0.15) is 0 Å². The molecule has 0 bridgehead atoms. The Morgan fingerprint density at radius 3 is 2.70 bits per heavy atom. The van der Waals surface area contributed by atoms with Gasteiger partial charge in [-0.25, -0.2) is 4.98 Å². The van der Waals surface area contributed by atoms with Crippen molar-refractivity contribution in [1.82, 2.24) is 19.8 Å². The van der Waals surface area contributed by atoms with Gasteiger partial charge in [-0.15, -0.1) is 11.3 Å². The summed E-state index contributed by atoms with van der Waals surface area (Å²) in [4.78, 5) is 26.1. The van der Waals surface area contributed by atoms with E-state index in [1.165, 1.54) is 63.0 Å². The summed E-state index contributed by atoms with van der Waals surface area (Å²) in [7, 11) is 0. The van der Waals surface area contributed by atoms with Crippen LogP contribution in [0, 0.1) is 5.92 Å². The first kappa shape index (κ1) is 18.6. The Bertz CT molecular complexity index is 707. The highest BCUT2D eigenvalue weighted by Gasteiger charge is 2.29. The van der Waals surface area contributed by atoms with E-state index in [4.69, 9.17) is 0 Å². The normalized spacial score (nSPS) is 19.4. The molecule has 1 aliphatic carbocycles. The maximum absolute atomic E-state index is 13.0. The molecule has 2 fully saturated rings. The van der Waals surface area contributed by atoms with Crippen LogP contribution in [0.3, 0.4) is 0 Å². The number of piperidine rings is 1. The van der Waals surface area contributed by atoms with Crippen molar-refractivity contribution < 1.29 is 4.79 Å². The smallest absolute Gasteiger partial charge is 0.273 e. The van der Waals surface area contributed by atoms with Crippen molar-refractivity contribution in [2.24, 2.45) is 5.92 Å². The molecule has 1 aliphatic heterocycles. The monoisotopic (exact) mass is 384 g/mol. The minimum Gasteiger partial charge on any atom is -0.333 e. The Morgan fingerprint density at radius 2 is 2.04 bits per heavy atom. The third-order valence-corrected chi connectivity index (χ3v) is 6.59. The van der Waals surface area contributed by atoms with E-state index in [0.717, 1.165) is 18.2 Å². The molecule has 27 heavy (non-hydrogen) atoms. The van der Waals surface area contributed by atoms with Crippen LogP contribution in [0.2, 0.25) is 0 Å². The number of hydrogen-bond donors (Lipinski definition) is 0. The molecule has 0 atom stereocenters. The zero-order valence-corrected chi connectivity index (χ0v) is 16.6. The number of likely N-dealkylation sites (tertiary alicyclic amines) is 1. The van der Waals surface area contributed by atoms with Crippen LogP contribution in [-0.4, -0.2) is 51.4 Å². The molecular weight excluding hydrogens is 356 g/mol. The van der Waals surface area contributed by atoms with Gasteiger partial charge in [0.15, 0.2) is 0 Å². The quantitative estimate of drug-likeness (QED) is 0.759. The second kappa shape index (κ2) is 8.93. The van der Waals surface area contributed by atoms with Crippen molar-refractivity contribution in [1.29, 1.82) is 0 Å². The molecule has 2 aromatic heterocycles. The highest BCUT2D eigenvalue weighted by atomic mass is 32.1. The minimum absolute atomic E-state index is 0.0401. The molecule has 1 saturated heterocycles. The molecule has 2 aromatic rings. The Morgan fingerprint density at radius 1 is 1.22 bits per heavy atom. The fourth-order valence-electron chi connectivity index (χ4n) is 4.49. The lowest BCUT2D eigenvalue weighted by molar-refractivity contribution is 0.0645. The molecule has 0 spiro atoms. The summed E-state index contributed by atoms with van der Waals surface area (Å²) in [5, 5.41) is 1.85. The van der Waals surface area contributed by atoms with Gasteiger partial charge in [-0.3, -0.25) is 9.78 Å². The highest BCUT2D eigenvalue weighted by molar-refractivity contribution is 7.07. The van der Waals surface area contributed by atoms with E-state index in [0.29, 0.717) is 18.2 Å². The number of hydrogen-bond acceptors (Lipinski definition) is 5.